The fourth-order valence-corrected chi connectivity index (χ4v) is 1.98. The summed E-state index contributed by atoms with van der Waals surface area (Å²) in [6, 6.07) is 15.2. The molecule has 0 heterocycles. The van der Waals surface area contributed by atoms with Crippen LogP contribution in [0.1, 0.15) is 18.4 Å². The third-order valence-corrected chi connectivity index (χ3v) is 2.86. The van der Waals surface area contributed by atoms with Crippen LogP contribution in [0.5, 0.6) is 0 Å². The molecule has 0 atom stereocenters. The minimum atomic E-state index is 0.776. The van der Waals surface area contributed by atoms with E-state index in [1.54, 1.807) is 0 Å². The fraction of sp³-hybridized carbons (Fsp3) is 0.312. The molecule has 2 rings (SSSR count). The van der Waals surface area contributed by atoms with E-state index in [4.69, 9.17) is 4.74 Å². The van der Waals surface area contributed by atoms with E-state index in [9.17, 15) is 0 Å². The van der Waals surface area contributed by atoms with Crippen molar-refractivity contribution in [3.05, 3.63) is 55.0 Å². The first-order valence-corrected chi connectivity index (χ1v) is 6.25. The van der Waals surface area contributed by atoms with Gasteiger partial charge in [0.1, 0.15) is 0 Å². The van der Waals surface area contributed by atoms with Gasteiger partial charge in [-0.2, -0.15) is 0 Å². The van der Waals surface area contributed by atoms with Crippen molar-refractivity contribution in [3.63, 3.8) is 0 Å². The molecule has 0 aromatic heterocycles. The van der Waals surface area contributed by atoms with Gasteiger partial charge in [-0.1, -0.05) is 49.4 Å². The number of ether oxygens (including phenoxy) is 1. The predicted octanol–water partition coefficient (Wildman–Crippen LogP) is 4.01. The van der Waals surface area contributed by atoms with Gasteiger partial charge in [-0.05, 0) is 35.6 Å². The molecule has 2 aromatic rings. The quantitative estimate of drug-likeness (QED) is 0.677. The highest BCUT2D eigenvalue weighted by Gasteiger charge is 1.96. The Labute approximate surface area is 103 Å². The summed E-state index contributed by atoms with van der Waals surface area (Å²) in [5, 5.41) is 2.63. The van der Waals surface area contributed by atoms with Crippen molar-refractivity contribution in [2.45, 2.75) is 19.3 Å². The number of benzene rings is 2. The van der Waals surface area contributed by atoms with E-state index >= 15 is 0 Å². The molecular formula is C16H19O. The van der Waals surface area contributed by atoms with Gasteiger partial charge in [-0.25, -0.2) is 0 Å². The second-order valence-corrected chi connectivity index (χ2v) is 4.25. The molecular weight excluding hydrogens is 208 g/mol. The summed E-state index contributed by atoms with van der Waals surface area (Å²) in [5.74, 6) is 0. The molecule has 1 heteroatoms. The maximum atomic E-state index is 5.43. The van der Waals surface area contributed by atoms with Gasteiger partial charge in [0, 0.05) is 13.2 Å². The molecule has 0 saturated heterocycles. The molecule has 0 bridgehead atoms. The first-order chi connectivity index (χ1) is 8.40. The van der Waals surface area contributed by atoms with Crippen LogP contribution in [0, 0.1) is 6.92 Å². The van der Waals surface area contributed by atoms with Crippen molar-refractivity contribution in [2.75, 3.05) is 13.2 Å². The smallest absolute Gasteiger partial charge is 0.0469 e. The minimum absolute atomic E-state index is 0.776. The molecule has 2 aromatic carbocycles. The fourth-order valence-electron chi connectivity index (χ4n) is 1.98. The summed E-state index contributed by atoms with van der Waals surface area (Å²) in [7, 11) is 0. The Morgan fingerprint density at radius 2 is 1.76 bits per heavy atom. The second-order valence-electron chi connectivity index (χ2n) is 4.25. The normalized spacial score (nSPS) is 10.9. The van der Waals surface area contributed by atoms with Crippen LogP contribution in [-0.4, -0.2) is 13.2 Å². The van der Waals surface area contributed by atoms with Crippen molar-refractivity contribution in [1.82, 2.24) is 0 Å². The van der Waals surface area contributed by atoms with E-state index in [0.29, 0.717) is 0 Å². The zero-order chi connectivity index (χ0) is 11.9. The highest BCUT2D eigenvalue weighted by Crippen LogP contribution is 2.16. The zero-order valence-electron chi connectivity index (χ0n) is 10.2. The highest BCUT2D eigenvalue weighted by molar-refractivity contribution is 5.82. The molecule has 0 unspecified atom stereocenters. The molecule has 0 amide bonds. The molecule has 0 N–H and O–H groups in total. The SMILES string of the molecule is [CH2]CCOCCCc1ccc2ccccc2c1. The van der Waals surface area contributed by atoms with Crippen molar-refractivity contribution < 1.29 is 4.74 Å². The number of aryl methyl sites for hydroxylation is 1. The van der Waals surface area contributed by atoms with E-state index in [1.165, 1.54) is 16.3 Å². The van der Waals surface area contributed by atoms with E-state index in [0.717, 1.165) is 32.5 Å². The summed E-state index contributed by atoms with van der Waals surface area (Å²) >= 11 is 0. The van der Waals surface area contributed by atoms with Crippen LogP contribution in [-0.2, 0) is 11.2 Å². The van der Waals surface area contributed by atoms with Crippen LogP contribution >= 0.6 is 0 Å². The Morgan fingerprint density at radius 3 is 2.59 bits per heavy atom. The lowest BCUT2D eigenvalue weighted by Crippen LogP contribution is -1.97. The summed E-state index contributed by atoms with van der Waals surface area (Å²) in [4.78, 5) is 0. The first kappa shape index (κ1) is 12.1. The number of hydrogen-bond donors (Lipinski definition) is 0. The summed E-state index contributed by atoms with van der Waals surface area (Å²) in [6.07, 6.45) is 3.02. The largest absolute Gasteiger partial charge is 0.381 e. The van der Waals surface area contributed by atoms with Gasteiger partial charge in [0.15, 0.2) is 0 Å². The van der Waals surface area contributed by atoms with Crippen molar-refractivity contribution in [3.8, 4) is 0 Å². The van der Waals surface area contributed by atoms with Gasteiger partial charge in [0.2, 0.25) is 0 Å². The topological polar surface area (TPSA) is 9.23 Å². The summed E-state index contributed by atoms with van der Waals surface area (Å²) < 4.78 is 5.43. The van der Waals surface area contributed by atoms with E-state index in [-0.39, 0.29) is 0 Å². The molecule has 17 heavy (non-hydrogen) atoms. The van der Waals surface area contributed by atoms with Crippen LogP contribution in [0.2, 0.25) is 0 Å². The van der Waals surface area contributed by atoms with Gasteiger partial charge >= 0.3 is 0 Å². The number of fused-ring (bicyclic) bond motifs is 1. The summed E-state index contributed by atoms with van der Waals surface area (Å²) in [6.45, 7) is 5.36. The Hall–Kier alpha value is -1.34. The molecule has 1 radical (unpaired) electrons. The second kappa shape index (κ2) is 6.41. The van der Waals surface area contributed by atoms with Crippen molar-refractivity contribution in [2.24, 2.45) is 0 Å². The Morgan fingerprint density at radius 1 is 0.941 bits per heavy atom. The monoisotopic (exact) mass is 227 g/mol. The van der Waals surface area contributed by atoms with E-state index in [2.05, 4.69) is 49.4 Å². The molecule has 0 aliphatic carbocycles. The molecule has 0 fully saturated rings. The lowest BCUT2D eigenvalue weighted by Gasteiger charge is -2.04. The number of hydrogen-bond acceptors (Lipinski definition) is 1. The lowest BCUT2D eigenvalue weighted by molar-refractivity contribution is 0.136. The van der Waals surface area contributed by atoms with Gasteiger partial charge in [-0.15, -0.1) is 0 Å². The predicted molar refractivity (Wildman–Crippen MR) is 73.1 cm³/mol. The Bertz CT molecular complexity index is 462. The van der Waals surface area contributed by atoms with Gasteiger partial charge in [-0.3, -0.25) is 0 Å². The van der Waals surface area contributed by atoms with Crippen LogP contribution in [0.25, 0.3) is 10.8 Å². The number of rotatable bonds is 6. The van der Waals surface area contributed by atoms with Crippen LogP contribution in [0.3, 0.4) is 0 Å². The molecule has 0 saturated carbocycles. The van der Waals surface area contributed by atoms with Crippen LogP contribution in [0.15, 0.2) is 42.5 Å². The van der Waals surface area contributed by atoms with Crippen LogP contribution in [0.4, 0.5) is 0 Å². The van der Waals surface area contributed by atoms with Gasteiger partial charge < -0.3 is 4.74 Å². The van der Waals surface area contributed by atoms with Crippen LogP contribution < -0.4 is 0 Å². The molecule has 1 nitrogen and oxygen atoms in total. The first-order valence-electron chi connectivity index (χ1n) is 6.25. The van der Waals surface area contributed by atoms with Crippen molar-refractivity contribution >= 4 is 10.8 Å². The maximum Gasteiger partial charge on any atom is 0.0469 e. The lowest BCUT2D eigenvalue weighted by atomic mass is 10.0. The molecule has 0 aliphatic heterocycles. The summed E-state index contributed by atoms with van der Waals surface area (Å²) in [5.41, 5.74) is 1.39. The van der Waals surface area contributed by atoms with Gasteiger partial charge in [0.25, 0.3) is 0 Å². The average Bonchev–Trinajstić information content (AvgIpc) is 2.38. The third-order valence-electron chi connectivity index (χ3n) is 2.86. The Kier molecular flexibility index (Phi) is 4.57. The highest BCUT2D eigenvalue weighted by atomic mass is 16.5. The van der Waals surface area contributed by atoms with E-state index in [1.807, 2.05) is 0 Å². The van der Waals surface area contributed by atoms with Gasteiger partial charge in [0.05, 0.1) is 0 Å². The standard InChI is InChI=1S/C16H19O/c1-2-11-17-12-5-6-14-9-10-15-7-3-4-8-16(15)13-14/h3-4,7-10,13H,1-2,5-6,11-12H2. The Balaban J connectivity index is 1.90. The molecule has 89 valence electrons. The molecule has 0 aliphatic rings. The average molecular weight is 227 g/mol. The molecule has 0 spiro atoms. The minimum Gasteiger partial charge on any atom is -0.381 e. The van der Waals surface area contributed by atoms with E-state index < -0.39 is 0 Å². The zero-order valence-corrected chi connectivity index (χ0v) is 10.2. The third kappa shape index (κ3) is 3.57. The maximum absolute atomic E-state index is 5.43. The van der Waals surface area contributed by atoms with Crippen molar-refractivity contribution in [1.29, 1.82) is 0 Å².